The number of thiazole rings is 1. The highest BCUT2D eigenvalue weighted by Gasteiger charge is 2.32. The van der Waals surface area contributed by atoms with Crippen molar-refractivity contribution in [1.82, 2.24) is 14.6 Å². The number of rotatable bonds is 3. The molecule has 0 saturated carbocycles. The van der Waals surface area contributed by atoms with Gasteiger partial charge in [0.2, 0.25) is 10.0 Å². The summed E-state index contributed by atoms with van der Waals surface area (Å²) >= 11 is 1.26. The third-order valence-electron chi connectivity index (χ3n) is 3.14. The Morgan fingerprint density at radius 1 is 1.53 bits per heavy atom. The van der Waals surface area contributed by atoms with Gasteiger partial charge in [-0.3, -0.25) is 4.79 Å². The van der Waals surface area contributed by atoms with Gasteiger partial charge in [0.1, 0.15) is 9.88 Å². The lowest BCUT2D eigenvalue weighted by molar-refractivity contribution is 0.0967. The molecule has 1 aliphatic rings. The van der Waals surface area contributed by atoms with E-state index in [1.165, 1.54) is 28.1 Å². The Bertz CT molecular complexity index is 567. The van der Waals surface area contributed by atoms with Crippen LogP contribution in [-0.4, -0.2) is 43.5 Å². The third kappa shape index (κ3) is 3.13. The van der Waals surface area contributed by atoms with Gasteiger partial charge >= 0.3 is 0 Å². The zero-order valence-electron chi connectivity index (χ0n) is 10.9. The summed E-state index contributed by atoms with van der Waals surface area (Å²) in [5.41, 5.74) is 0. The van der Waals surface area contributed by atoms with Crippen LogP contribution in [0.5, 0.6) is 0 Å². The van der Waals surface area contributed by atoms with Gasteiger partial charge in [-0.05, 0) is 12.8 Å². The number of sulfonamides is 1. The second kappa shape index (κ2) is 5.56. The van der Waals surface area contributed by atoms with E-state index in [-0.39, 0.29) is 11.9 Å². The molecule has 0 unspecified atom stereocenters. The van der Waals surface area contributed by atoms with Crippen molar-refractivity contribution in [3.63, 3.8) is 0 Å². The summed E-state index contributed by atoms with van der Waals surface area (Å²) in [6.45, 7) is 0.526. The van der Waals surface area contributed by atoms with Gasteiger partial charge in [-0.2, -0.15) is 4.31 Å². The molecule has 8 heteroatoms. The van der Waals surface area contributed by atoms with Crippen LogP contribution in [0, 0.1) is 0 Å². The minimum Gasteiger partial charge on any atom is -0.354 e. The Kier molecular flexibility index (Phi) is 4.22. The number of amides is 1. The second-order valence-electron chi connectivity index (χ2n) is 4.53. The van der Waals surface area contributed by atoms with E-state index in [9.17, 15) is 13.2 Å². The Morgan fingerprint density at radius 2 is 2.26 bits per heavy atom. The van der Waals surface area contributed by atoms with Crippen molar-refractivity contribution in [2.75, 3.05) is 19.8 Å². The number of hydrogen-bond donors (Lipinski definition) is 1. The van der Waals surface area contributed by atoms with Crippen molar-refractivity contribution >= 4 is 27.3 Å². The number of nitrogens with one attached hydrogen (secondary N) is 1. The summed E-state index contributed by atoms with van der Waals surface area (Å²) in [6.07, 6.45) is 5.34. The fourth-order valence-electron chi connectivity index (χ4n) is 2.22. The van der Waals surface area contributed by atoms with Crippen LogP contribution in [0.4, 0.5) is 0 Å². The van der Waals surface area contributed by atoms with Crippen molar-refractivity contribution < 1.29 is 13.2 Å². The smallest absolute Gasteiger partial charge is 0.262 e. The largest absolute Gasteiger partial charge is 0.354 e. The maximum Gasteiger partial charge on any atom is 0.262 e. The van der Waals surface area contributed by atoms with Crippen LogP contribution in [0.25, 0.3) is 0 Å². The molecule has 1 fully saturated rings. The summed E-state index contributed by atoms with van der Waals surface area (Å²) in [5.74, 6) is -0.189. The van der Waals surface area contributed by atoms with Gasteiger partial charge < -0.3 is 5.32 Å². The minimum absolute atomic E-state index is 0.189. The number of hydrogen-bond acceptors (Lipinski definition) is 5. The highest BCUT2D eigenvalue weighted by molar-refractivity contribution is 7.88. The van der Waals surface area contributed by atoms with Gasteiger partial charge in [0.15, 0.2) is 0 Å². The van der Waals surface area contributed by atoms with Crippen LogP contribution in [0.15, 0.2) is 6.20 Å². The molecule has 0 bridgehead atoms. The molecule has 0 aliphatic carbocycles. The standard InChI is InChI=1S/C11H17N3O3S2/c1-12-10(15)9-7-13-11(18-9)8-5-3-4-6-14(8)19(2,16)17/h7-8H,3-6H2,1-2H3,(H,12,15)/t8-/m1/s1. The molecule has 2 rings (SSSR count). The van der Waals surface area contributed by atoms with Crippen LogP contribution >= 0.6 is 11.3 Å². The van der Waals surface area contributed by atoms with Crippen molar-refractivity contribution in [3.05, 3.63) is 16.1 Å². The molecule has 0 spiro atoms. The highest BCUT2D eigenvalue weighted by Crippen LogP contribution is 2.34. The minimum atomic E-state index is -3.24. The Balaban J connectivity index is 2.28. The first-order chi connectivity index (χ1) is 8.93. The second-order valence-corrected chi connectivity index (χ2v) is 7.52. The number of carbonyl (C=O) groups excluding carboxylic acids is 1. The monoisotopic (exact) mass is 303 g/mol. The quantitative estimate of drug-likeness (QED) is 0.903. The maximum atomic E-state index is 11.8. The summed E-state index contributed by atoms with van der Waals surface area (Å²) in [7, 11) is -1.68. The van der Waals surface area contributed by atoms with E-state index >= 15 is 0 Å². The van der Waals surface area contributed by atoms with Crippen LogP contribution in [0.3, 0.4) is 0 Å². The molecule has 1 N–H and O–H groups in total. The lowest BCUT2D eigenvalue weighted by Gasteiger charge is -2.32. The summed E-state index contributed by atoms with van der Waals surface area (Å²) < 4.78 is 25.1. The van der Waals surface area contributed by atoms with E-state index in [0.717, 1.165) is 19.3 Å². The maximum absolute atomic E-state index is 11.8. The molecule has 1 aromatic heterocycles. The van der Waals surface area contributed by atoms with E-state index in [1.807, 2.05) is 0 Å². The van der Waals surface area contributed by atoms with E-state index < -0.39 is 10.0 Å². The molecule has 1 aromatic rings. The summed E-state index contributed by atoms with van der Waals surface area (Å²) in [4.78, 5) is 16.3. The molecule has 6 nitrogen and oxygen atoms in total. The molecule has 106 valence electrons. The molecule has 19 heavy (non-hydrogen) atoms. The van der Waals surface area contributed by atoms with Crippen LogP contribution in [-0.2, 0) is 10.0 Å². The van der Waals surface area contributed by atoms with Gasteiger partial charge in [-0.25, -0.2) is 13.4 Å². The van der Waals surface area contributed by atoms with Crippen LogP contribution < -0.4 is 5.32 Å². The average Bonchev–Trinajstić information content (AvgIpc) is 2.86. The van der Waals surface area contributed by atoms with Gasteiger partial charge in [0.25, 0.3) is 5.91 Å². The van der Waals surface area contributed by atoms with E-state index in [2.05, 4.69) is 10.3 Å². The molecule has 0 aromatic carbocycles. The van der Waals surface area contributed by atoms with E-state index in [1.54, 1.807) is 7.05 Å². The highest BCUT2D eigenvalue weighted by atomic mass is 32.2. The van der Waals surface area contributed by atoms with Gasteiger partial charge in [0, 0.05) is 13.6 Å². The zero-order chi connectivity index (χ0) is 14.0. The van der Waals surface area contributed by atoms with Crippen molar-refractivity contribution in [1.29, 1.82) is 0 Å². The Morgan fingerprint density at radius 3 is 2.89 bits per heavy atom. The molecule has 0 radical (unpaired) electrons. The zero-order valence-corrected chi connectivity index (χ0v) is 12.6. The number of piperidine rings is 1. The topological polar surface area (TPSA) is 79.4 Å². The average molecular weight is 303 g/mol. The van der Waals surface area contributed by atoms with Gasteiger partial charge in [-0.15, -0.1) is 11.3 Å². The lowest BCUT2D eigenvalue weighted by Crippen LogP contribution is -2.37. The van der Waals surface area contributed by atoms with Gasteiger partial charge in [-0.1, -0.05) is 6.42 Å². The van der Waals surface area contributed by atoms with Crippen molar-refractivity contribution in [2.45, 2.75) is 25.3 Å². The fraction of sp³-hybridized carbons (Fsp3) is 0.636. The normalized spacial score (nSPS) is 21.3. The predicted molar refractivity (Wildman–Crippen MR) is 73.6 cm³/mol. The first-order valence-electron chi connectivity index (χ1n) is 6.08. The molecule has 1 atom stereocenters. The summed E-state index contributed by atoms with van der Waals surface area (Å²) in [6, 6.07) is -0.229. The molecule has 1 aliphatic heterocycles. The van der Waals surface area contributed by atoms with Crippen LogP contribution in [0.1, 0.15) is 40.0 Å². The van der Waals surface area contributed by atoms with Gasteiger partial charge in [0.05, 0.1) is 18.5 Å². The molecular weight excluding hydrogens is 286 g/mol. The predicted octanol–water partition coefficient (Wildman–Crippen LogP) is 0.989. The van der Waals surface area contributed by atoms with Crippen LogP contribution in [0.2, 0.25) is 0 Å². The summed E-state index contributed by atoms with van der Waals surface area (Å²) in [5, 5.41) is 3.24. The number of nitrogens with zero attached hydrogens (tertiary/aromatic N) is 2. The van der Waals surface area contributed by atoms with Crippen molar-refractivity contribution in [3.8, 4) is 0 Å². The molecule has 2 heterocycles. The van der Waals surface area contributed by atoms with E-state index in [0.29, 0.717) is 16.4 Å². The SMILES string of the molecule is CNC(=O)c1cnc([C@H]2CCCCN2S(C)(=O)=O)s1. The van der Waals surface area contributed by atoms with Crippen molar-refractivity contribution in [2.24, 2.45) is 0 Å². The molecule has 1 saturated heterocycles. The lowest BCUT2D eigenvalue weighted by atomic mass is 10.1. The van der Waals surface area contributed by atoms with E-state index in [4.69, 9.17) is 0 Å². The third-order valence-corrected chi connectivity index (χ3v) is 5.53. The first-order valence-corrected chi connectivity index (χ1v) is 8.74. The molecule has 1 amide bonds. The molecular formula is C11H17N3O3S2. The number of aromatic nitrogens is 1. The fourth-order valence-corrected chi connectivity index (χ4v) is 4.43. The Hall–Kier alpha value is -0.990. The first kappa shape index (κ1) is 14.4. The number of carbonyl (C=O) groups is 1. The Labute approximate surface area is 116 Å².